The van der Waals surface area contributed by atoms with Crippen molar-refractivity contribution in [2.45, 2.75) is 25.6 Å². The lowest BCUT2D eigenvalue weighted by Crippen LogP contribution is -2.35. The van der Waals surface area contributed by atoms with Crippen LogP contribution in [-0.4, -0.2) is 41.6 Å². The van der Waals surface area contributed by atoms with Crippen LogP contribution in [0.1, 0.15) is 24.1 Å². The number of nitrogens with one attached hydrogen (secondary N) is 1. The Morgan fingerprint density at radius 3 is 2.64 bits per heavy atom. The van der Waals surface area contributed by atoms with E-state index in [9.17, 15) is 13.2 Å². The first-order valence-electron chi connectivity index (χ1n) is 11.9. The predicted octanol–water partition coefficient (Wildman–Crippen LogP) is 6.71. The topological polar surface area (TPSA) is 50.3 Å². The van der Waals surface area contributed by atoms with Crippen LogP contribution in [0.15, 0.2) is 59.4 Å². The average Bonchev–Trinajstić information content (AvgIpc) is 3.42. The van der Waals surface area contributed by atoms with E-state index in [2.05, 4.69) is 26.3 Å². The van der Waals surface area contributed by atoms with Gasteiger partial charge in [-0.25, -0.2) is 9.97 Å². The van der Waals surface area contributed by atoms with Crippen molar-refractivity contribution >= 4 is 28.1 Å². The number of benzene rings is 1. The maximum absolute atomic E-state index is 13.4. The van der Waals surface area contributed by atoms with Crippen LogP contribution in [0.4, 0.5) is 19.0 Å². The summed E-state index contributed by atoms with van der Waals surface area (Å²) in [5.41, 5.74) is 2.02. The van der Waals surface area contributed by atoms with Crippen molar-refractivity contribution in [3.05, 3.63) is 70.7 Å². The van der Waals surface area contributed by atoms with E-state index in [0.29, 0.717) is 34.7 Å². The quantitative estimate of drug-likeness (QED) is 0.298. The molecule has 0 saturated carbocycles. The Hall–Kier alpha value is -3.17. The highest BCUT2D eigenvalue weighted by Gasteiger charge is 2.33. The Morgan fingerprint density at radius 2 is 1.92 bits per heavy atom. The number of methoxy groups -OCH3 is 1. The van der Waals surface area contributed by atoms with Gasteiger partial charge in [0.05, 0.1) is 12.6 Å². The second-order valence-electron chi connectivity index (χ2n) is 9.04. The molecular weight excluding hydrogens is 485 g/mol. The van der Waals surface area contributed by atoms with Crippen molar-refractivity contribution in [3.8, 4) is 16.9 Å². The molecule has 3 aromatic heterocycles. The number of hydrogen-bond donors (Lipinski definition) is 1. The maximum atomic E-state index is 13.4. The van der Waals surface area contributed by atoms with E-state index in [-0.39, 0.29) is 0 Å². The molecule has 1 saturated heterocycles. The molecule has 188 valence electrons. The van der Waals surface area contributed by atoms with Gasteiger partial charge in [0.25, 0.3) is 0 Å². The minimum absolute atomic E-state index is 0.312. The summed E-state index contributed by atoms with van der Waals surface area (Å²) in [6.07, 6.45) is -0.822. The molecule has 0 bridgehead atoms. The fourth-order valence-electron chi connectivity index (χ4n) is 4.71. The zero-order valence-electron chi connectivity index (χ0n) is 19.9. The van der Waals surface area contributed by atoms with Crippen molar-refractivity contribution in [3.63, 3.8) is 0 Å². The molecular formula is C27H27F3N4OS. The lowest BCUT2D eigenvalue weighted by atomic mass is 9.96. The van der Waals surface area contributed by atoms with Gasteiger partial charge in [-0.2, -0.15) is 24.5 Å². The third-order valence-corrected chi connectivity index (χ3v) is 7.39. The summed E-state index contributed by atoms with van der Waals surface area (Å²) in [6.45, 7) is 3.52. The molecule has 1 fully saturated rings. The van der Waals surface area contributed by atoms with Crippen LogP contribution >= 0.6 is 11.3 Å². The highest BCUT2D eigenvalue weighted by atomic mass is 32.1. The summed E-state index contributed by atoms with van der Waals surface area (Å²) >= 11 is 1.48. The Bertz CT molecular complexity index is 1320. The average molecular weight is 513 g/mol. The van der Waals surface area contributed by atoms with Crippen LogP contribution in [0.3, 0.4) is 0 Å². The van der Waals surface area contributed by atoms with Gasteiger partial charge in [-0.1, -0.05) is 18.2 Å². The number of anilines is 1. The molecule has 0 atom stereocenters. The van der Waals surface area contributed by atoms with Gasteiger partial charge in [-0.3, -0.25) is 4.90 Å². The molecule has 1 aromatic carbocycles. The number of alkyl halides is 3. The Morgan fingerprint density at radius 1 is 1.11 bits per heavy atom. The van der Waals surface area contributed by atoms with E-state index in [1.54, 1.807) is 13.3 Å². The zero-order chi connectivity index (χ0) is 25.1. The monoisotopic (exact) mass is 512 g/mol. The normalized spacial score (nSPS) is 15.3. The summed E-state index contributed by atoms with van der Waals surface area (Å²) in [5, 5.41) is 7.78. The van der Waals surface area contributed by atoms with Crippen molar-refractivity contribution in [2.24, 2.45) is 5.92 Å². The summed E-state index contributed by atoms with van der Waals surface area (Å²) < 4.78 is 45.6. The SMILES string of the molecule is COc1ccccc1CN1CCC(CNc2ncc(-c3ccsc3)c3nc(C(F)(F)F)ccc23)CC1. The largest absolute Gasteiger partial charge is 0.496 e. The van der Waals surface area contributed by atoms with Gasteiger partial charge < -0.3 is 10.1 Å². The molecule has 0 spiro atoms. The number of aromatic nitrogens is 2. The number of thiophene rings is 1. The van der Waals surface area contributed by atoms with Crippen LogP contribution in [0.2, 0.25) is 0 Å². The Kier molecular flexibility index (Phi) is 7.11. The molecule has 4 aromatic rings. The Balaban J connectivity index is 1.28. The van der Waals surface area contributed by atoms with E-state index in [4.69, 9.17) is 4.74 Å². The minimum Gasteiger partial charge on any atom is -0.496 e. The highest BCUT2D eigenvalue weighted by molar-refractivity contribution is 7.08. The van der Waals surface area contributed by atoms with Gasteiger partial charge in [0.1, 0.15) is 17.3 Å². The van der Waals surface area contributed by atoms with Crippen LogP contribution < -0.4 is 10.1 Å². The van der Waals surface area contributed by atoms with E-state index >= 15 is 0 Å². The molecule has 5 nitrogen and oxygen atoms in total. The predicted molar refractivity (Wildman–Crippen MR) is 137 cm³/mol. The number of fused-ring (bicyclic) bond motifs is 1. The summed E-state index contributed by atoms with van der Waals surface area (Å²) in [5.74, 6) is 1.93. The van der Waals surface area contributed by atoms with Gasteiger partial charge in [0.2, 0.25) is 0 Å². The second kappa shape index (κ2) is 10.4. The van der Waals surface area contributed by atoms with Crippen molar-refractivity contribution in [1.29, 1.82) is 0 Å². The van der Waals surface area contributed by atoms with Crippen LogP contribution in [0, 0.1) is 5.92 Å². The number of piperidine rings is 1. The first-order chi connectivity index (χ1) is 17.4. The lowest BCUT2D eigenvalue weighted by Gasteiger charge is -2.32. The number of hydrogen-bond acceptors (Lipinski definition) is 6. The van der Waals surface area contributed by atoms with Crippen LogP contribution in [0.5, 0.6) is 5.75 Å². The van der Waals surface area contributed by atoms with Gasteiger partial charge in [-0.15, -0.1) is 0 Å². The van der Waals surface area contributed by atoms with E-state index in [0.717, 1.165) is 49.9 Å². The maximum Gasteiger partial charge on any atom is 0.433 e. The first-order valence-corrected chi connectivity index (χ1v) is 12.8. The number of pyridine rings is 2. The summed E-state index contributed by atoms with van der Waals surface area (Å²) in [6, 6.07) is 12.5. The van der Waals surface area contributed by atoms with E-state index in [1.807, 2.05) is 35.0 Å². The van der Waals surface area contributed by atoms with Crippen molar-refractivity contribution in [2.75, 3.05) is 32.1 Å². The third-order valence-electron chi connectivity index (χ3n) is 6.70. The second-order valence-corrected chi connectivity index (χ2v) is 9.82. The van der Waals surface area contributed by atoms with Gasteiger partial charge in [0.15, 0.2) is 0 Å². The first kappa shape index (κ1) is 24.5. The molecule has 0 radical (unpaired) electrons. The summed E-state index contributed by atoms with van der Waals surface area (Å²) in [4.78, 5) is 11.0. The molecule has 9 heteroatoms. The fourth-order valence-corrected chi connectivity index (χ4v) is 5.36. The smallest absolute Gasteiger partial charge is 0.433 e. The summed E-state index contributed by atoms with van der Waals surface area (Å²) in [7, 11) is 1.70. The minimum atomic E-state index is -4.51. The molecule has 5 rings (SSSR count). The highest BCUT2D eigenvalue weighted by Crippen LogP contribution is 2.35. The molecule has 1 N–H and O–H groups in total. The van der Waals surface area contributed by atoms with Crippen molar-refractivity contribution < 1.29 is 17.9 Å². The number of para-hydroxylation sites is 1. The fraction of sp³-hybridized carbons (Fsp3) is 0.333. The molecule has 1 aliphatic rings. The molecule has 0 amide bonds. The molecule has 1 aliphatic heterocycles. The van der Waals surface area contributed by atoms with Gasteiger partial charge in [-0.05, 0) is 72.4 Å². The molecule has 4 heterocycles. The zero-order valence-corrected chi connectivity index (χ0v) is 20.7. The number of nitrogens with zero attached hydrogens (tertiary/aromatic N) is 3. The molecule has 36 heavy (non-hydrogen) atoms. The Labute approximate surface area is 212 Å². The van der Waals surface area contributed by atoms with Crippen molar-refractivity contribution in [1.82, 2.24) is 14.9 Å². The standard InChI is InChI=1S/C27H27F3N4OS/c1-35-23-5-3-2-4-19(23)16-34-11-8-18(9-12-34)14-31-26-21-6-7-24(27(28,29)30)33-25(21)22(15-32-26)20-10-13-36-17-20/h2-7,10,13,15,17-18H,8-9,11-12,14,16H2,1H3,(H,31,32). The number of halogens is 3. The third kappa shape index (κ3) is 5.32. The van der Waals surface area contributed by atoms with Gasteiger partial charge in [0, 0.05) is 35.8 Å². The number of rotatable bonds is 7. The van der Waals surface area contributed by atoms with E-state index < -0.39 is 11.9 Å². The molecule has 0 aliphatic carbocycles. The molecule has 0 unspecified atom stereocenters. The van der Waals surface area contributed by atoms with Crippen LogP contribution in [-0.2, 0) is 12.7 Å². The van der Waals surface area contributed by atoms with E-state index in [1.165, 1.54) is 23.0 Å². The number of ether oxygens (including phenoxy) is 1. The van der Waals surface area contributed by atoms with Crippen LogP contribution in [0.25, 0.3) is 22.0 Å². The number of likely N-dealkylation sites (tertiary alicyclic amines) is 1. The lowest BCUT2D eigenvalue weighted by molar-refractivity contribution is -0.140. The van der Waals surface area contributed by atoms with Gasteiger partial charge >= 0.3 is 6.18 Å².